The Morgan fingerprint density at radius 1 is 1.60 bits per heavy atom. The van der Waals surface area contributed by atoms with Gasteiger partial charge in [0.2, 0.25) is 5.92 Å². The summed E-state index contributed by atoms with van der Waals surface area (Å²) in [5, 5.41) is 8.04. The molecule has 58 valence electrons. The fourth-order valence-corrected chi connectivity index (χ4v) is 1.11. The van der Waals surface area contributed by atoms with E-state index in [0.29, 0.717) is 11.5 Å². The van der Waals surface area contributed by atoms with Crippen molar-refractivity contribution in [3.63, 3.8) is 0 Å². The quantitative estimate of drug-likeness (QED) is 0.597. The van der Waals surface area contributed by atoms with E-state index in [2.05, 4.69) is 0 Å². The minimum absolute atomic E-state index is 0.140. The topological polar surface area (TPSA) is 23.8 Å². The second kappa shape index (κ2) is 4.51. The first-order chi connectivity index (χ1) is 4.56. The van der Waals surface area contributed by atoms with Gasteiger partial charge in [0.1, 0.15) is 0 Å². The second-order valence-corrected chi connectivity index (χ2v) is 3.14. The summed E-state index contributed by atoms with van der Waals surface area (Å²) in [6.07, 6.45) is -0.140. The summed E-state index contributed by atoms with van der Waals surface area (Å²) in [6.45, 7) is 0.889. The average molecular weight is 165 g/mol. The minimum atomic E-state index is -2.58. The summed E-state index contributed by atoms with van der Waals surface area (Å²) in [5.41, 5.74) is 0. The van der Waals surface area contributed by atoms with Crippen LogP contribution in [0.5, 0.6) is 0 Å². The predicted octanol–water partition coefficient (Wildman–Crippen LogP) is 2.29. The van der Waals surface area contributed by atoms with Crippen LogP contribution in [-0.2, 0) is 0 Å². The summed E-state index contributed by atoms with van der Waals surface area (Å²) in [4.78, 5) is 0. The summed E-state index contributed by atoms with van der Waals surface area (Å²) in [7, 11) is 0. The van der Waals surface area contributed by atoms with Crippen molar-refractivity contribution in [2.45, 2.75) is 19.3 Å². The van der Waals surface area contributed by atoms with Crippen LogP contribution in [0.25, 0.3) is 0 Å². The third-order valence-electron chi connectivity index (χ3n) is 0.852. The summed E-state index contributed by atoms with van der Waals surface area (Å²) >= 11 is 1.24. The van der Waals surface area contributed by atoms with Crippen molar-refractivity contribution in [3.8, 4) is 6.07 Å². The number of nitrogens with zero attached hydrogens (tertiary/aromatic N) is 1. The smallest absolute Gasteiger partial charge is 0.207 e. The molecule has 0 spiro atoms. The van der Waals surface area contributed by atoms with Crippen LogP contribution in [0.3, 0.4) is 0 Å². The van der Waals surface area contributed by atoms with E-state index in [1.165, 1.54) is 11.8 Å². The van der Waals surface area contributed by atoms with E-state index >= 15 is 0 Å². The van der Waals surface area contributed by atoms with Gasteiger partial charge in [-0.05, 0) is 12.7 Å². The maximum absolute atomic E-state index is 12.1. The molecule has 0 fully saturated rings. The van der Waals surface area contributed by atoms with Crippen LogP contribution in [0, 0.1) is 11.3 Å². The van der Waals surface area contributed by atoms with Gasteiger partial charge in [0.25, 0.3) is 0 Å². The van der Waals surface area contributed by atoms with Gasteiger partial charge in [-0.1, -0.05) is 0 Å². The van der Waals surface area contributed by atoms with Crippen molar-refractivity contribution in [2.75, 3.05) is 11.5 Å². The Morgan fingerprint density at radius 2 is 2.20 bits per heavy atom. The van der Waals surface area contributed by atoms with Gasteiger partial charge in [-0.25, -0.2) is 8.78 Å². The van der Waals surface area contributed by atoms with E-state index in [0.717, 1.165) is 6.92 Å². The average Bonchev–Trinajstić information content (AvgIpc) is 1.78. The molecule has 0 N–H and O–H groups in total. The number of alkyl halides is 2. The molecule has 0 atom stereocenters. The number of thioether (sulfide) groups is 1. The highest BCUT2D eigenvalue weighted by Crippen LogP contribution is 2.19. The molecule has 0 radical (unpaired) electrons. The molecule has 0 aliphatic rings. The molecule has 0 saturated heterocycles. The van der Waals surface area contributed by atoms with Gasteiger partial charge in [-0.2, -0.15) is 5.26 Å². The maximum Gasteiger partial charge on any atom is 0.246 e. The Kier molecular flexibility index (Phi) is 4.37. The number of hydrogen-bond donors (Lipinski definition) is 0. The van der Waals surface area contributed by atoms with Crippen LogP contribution in [0.4, 0.5) is 8.78 Å². The van der Waals surface area contributed by atoms with Gasteiger partial charge in [-0.15, -0.1) is 11.8 Å². The number of hydrogen-bond acceptors (Lipinski definition) is 2. The maximum atomic E-state index is 12.1. The highest BCUT2D eigenvalue weighted by Gasteiger charge is 2.19. The Labute approximate surface area is 63.4 Å². The van der Waals surface area contributed by atoms with Crippen molar-refractivity contribution in [2.24, 2.45) is 0 Å². The zero-order chi connectivity index (χ0) is 8.04. The van der Waals surface area contributed by atoms with Crippen LogP contribution in [0.15, 0.2) is 0 Å². The molecule has 0 heterocycles. The Hall–Kier alpha value is -0.300. The lowest BCUT2D eigenvalue weighted by Gasteiger charge is -2.07. The van der Waals surface area contributed by atoms with E-state index < -0.39 is 5.92 Å². The summed E-state index contributed by atoms with van der Waals surface area (Å²) < 4.78 is 24.1. The highest BCUT2D eigenvalue weighted by molar-refractivity contribution is 7.99. The van der Waals surface area contributed by atoms with Gasteiger partial charge in [-0.3, -0.25) is 0 Å². The van der Waals surface area contributed by atoms with E-state index in [-0.39, 0.29) is 6.42 Å². The first-order valence-electron chi connectivity index (χ1n) is 2.89. The molecule has 10 heavy (non-hydrogen) atoms. The van der Waals surface area contributed by atoms with Crippen molar-refractivity contribution in [3.05, 3.63) is 0 Å². The lowest BCUT2D eigenvalue weighted by Crippen LogP contribution is -2.10. The van der Waals surface area contributed by atoms with E-state index in [1.807, 2.05) is 6.07 Å². The van der Waals surface area contributed by atoms with Gasteiger partial charge in [0.05, 0.1) is 11.8 Å². The van der Waals surface area contributed by atoms with E-state index in [1.54, 1.807) is 0 Å². The normalized spacial score (nSPS) is 11.0. The third kappa shape index (κ3) is 7.70. The zero-order valence-electron chi connectivity index (χ0n) is 5.73. The lowest BCUT2D eigenvalue weighted by molar-refractivity contribution is 0.0194. The van der Waals surface area contributed by atoms with Crippen LogP contribution in [0.2, 0.25) is 0 Å². The van der Waals surface area contributed by atoms with Gasteiger partial charge in [0, 0.05) is 6.42 Å². The van der Waals surface area contributed by atoms with Crippen molar-refractivity contribution >= 4 is 11.8 Å². The van der Waals surface area contributed by atoms with Gasteiger partial charge in [0.15, 0.2) is 0 Å². The third-order valence-corrected chi connectivity index (χ3v) is 1.68. The fraction of sp³-hybridized carbons (Fsp3) is 0.833. The zero-order valence-corrected chi connectivity index (χ0v) is 6.55. The van der Waals surface area contributed by atoms with Crippen LogP contribution < -0.4 is 0 Å². The lowest BCUT2D eigenvalue weighted by atomic mass is 10.3. The molecule has 1 nitrogen and oxygen atoms in total. The Balaban J connectivity index is 3.14. The van der Waals surface area contributed by atoms with Crippen LogP contribution in [0.1, 0.15) is 13.3 Å². The number of nitriles is 1. The molecule has 0 rings (SSSR count). The van der Waals surface area contributed by atoms with Crippen molar-refractivity contribution < 1.29 is 8.78 Å². The summed E-state index contributed by atoms with van der Waals surface area (Å²) in [5.74, 6) is -1.92. The molecule has 4 heteroatoms. The molecule has 0 aromatic heterocycles. The van der Waals surface area contributed by atoms with Crippen molar-refractivity contribution in [1.82, 2.24) is 0 Å². The van der Waals surface area contributed by atoms with Crippen molar-refractivity contribution in [1.29, 1.82) is 5.26 Å². The largest absolute Gasteiger partial charge is 0.246 e. The molecule has 0 bridgehead atoms. The first kappa shape index (κ1) is 9.70. The Bertz CT molecular complexity index is 125. The standard InChI is InChI=1S/C6H9F2NS/c1-6(7,8)2-4-10-5-3-9/h2,4-5H2,1H3. The van der Waals surface area contributed by atoms with E-state index in [4.69, 9.17) is 5.26 Å². The molecular formula is C6H9F2NS. The monoisotopic (exact) mass is 165 g/mol. The van der Waals surface area contributed by atoms with Gasteiger partial charge < -0.3 is 0 Å². The predicted molar refractivity (Wildman–Crippen MR) is 38.2 cm³/mol. The molecule has 0 aromatic rings. The van der Waals surface area contributed by atoms with E-state index in [9.17, 15) is 8.78 Å². The van der Waals surface area contributed by atoms with Gasteiger partial charge >= 0.3 is 0 Å². The molecule has 0 aliphatic carbocycles. The molecule has 0 aliphatic heterocycles. The second-order valence-electron chi connectivity index (χ2n) is 2.03. The molecule has 0 amide bonds. The highest BCUT2D eigenvalue weighted by atomic mass is 32.2. The van der Waals surface area contributed by atoms with Crippen LogP contribution >= 0.6 is 11.8 Å². The minimum Gasteiger partial charge on any atom is -0.207 e. The molecule has 0 unspecified atom stereocenters. The molecular weight excluding hydrogens is 156 g/mol. The first-order valence-corrected chi connectivity index (χ1v) is 4.04. The SMILES string of the molecule is CC(F)(F)CCSCC#N. The Morgan fingerprint density at radius 3 is 2.60 bits per heavy atom. The molecule has 0 saturated carbocycles. The fourth-order valence-electron chi connectivity index (χ4n) is 0.369. The van der Waals surface area contributed by atoms with Crippen LogP contribution in [-0.4, -0.2) is 17.4 Å². The number of halogens is 2. The summed E-state index contributed by atoms with van der Waals surface area (Å²) in [6, 6.07) is 1.87. The molecule has 0 aromatic carbocycles. The number of rotatable bonds is 4.